The van der Waals surface area contributed by atoms with Crippen molar-refractivity contribution >= 4 is 34.8 Å². The monoisotopic (exact) mass is 441 g/mol. The number of nitrogens with one attached hydrogen (secondary N) is 3. The number of ether oxygens (including phenoxy) is 1. The fourth-order valence-corrected chi connectivity index (χ4v) is 2.81. The molecule has 0 spiro atoms. The van der Waals surface area contributed by atoms with E-state index in [1.807, 2.05) is 26.8 Å². The average Bonchev–Trinajstić information content (AvgIpc) is 2.67. The maximum atomic E-state index is 12.5. The molecule has 2 amide bonds. The Balaban J connectivity index is 1.91. The number of hydrogen-bond donors (Lipinski definition) is 3. The van der Waals surface area contributed by atoms with Gasteiger partial charge in [0.25, 0.3) is 11.8 Å². The van der Waals surface area contributed by atoms with Gasteiger partial charge in [0.05, 0.1) is 6.61 Å². The van der Waals surface area contributed by atoms with Crippen molar-refractivity contribution in [3.63, 3.8) is 0 Å². The molecule has 0 saturated heterocycles. The zero-order valence-electron chi connectivity index (χ0n) is 18.7. The first-order valence-electron chi connectivity index (χ1n) is 10.3. The second-order valence-electron chi connectivity index (χ2n) is 8.75. The van der Waals surface area contributed by atoms with Crippen LogP contribution < -0.4 is 20.7 Å². The van der Waals surface area contributed by atoms with Crippen molar-refractivity contribution in [3.05, 3.63) is 59.7 Å². The normalized spacial score (nSPS) is 11.0. The van der Waals surface area contributed by atoms with Crippen molar-refractivity contribution in [2.45, 2.75) is 46.6 Å². The summed E-state index contributed by atoms with van der Waals surface area (Å²) in [6, 6.07) is 13.9. The molecule has 0 unspecified atom stereocenters. The quantitative estimate of drug-likeness (QED) is 0.540. The molecule has 2 aromatic rings. The van der Waals surface area contributed by atoms with Crippen LogP contribution in [0.15, 0.2) is 48.5 Å². The zero-order chi connectivity index (χ0) is 23.0. The van der Waals surface area contributed by atoms with Crippen LogP contribution in [0, 0.1) is 5.92 Å². The Bertz CT molecular complexity index is 918. The molecule has 6 nitrogen and oxygen atoms in total. The van der Waals surface area contributed by atoms with E-state index in [0.29, 0.717) is 35.1 Å². The summed E-state index contributed by atoms with van der Waals surface area (Å²) < 4.78 is 5.71. The number of hydrogen-bond acceptors (Lipinski definition) is 4. The molecule has 3 N–H and O–H groups in total. The summed E-state index contributed by atoms with van der Waals surface area (Å²) in [5.41, 5.74) is 1.37. The predicted octanol–water partition coefficient (Wildman–Crippen LogP) is 4.77. The van der Waals surface area contributed by atoms with E-state index in [1.165, 1.54) is 0 Å². The molecule has 0 aliphatic rings. The lowest BCUT2D eigenvalue weighted by molar-refractivity contribution is 0.0918. The molecular formula is C24H31N3O3S. The van der Waals surface area contributed by atoms with Crippen molar-refractivity contribution in [3.8, 4) is 5.75 Å². The maximum absolute atomic E-state index is 12.5. The van der Waals surface area contributed by atoms with Gasteiger partial charge in [0.1, 0.15) is 5.75 Å². The first-order chi connectivity index (χ1) is 14.5. The van der Waals surface area contributed by atoms with E-state index in [4.69, 9.17) is 17.0 Å². The Kier molecular flexibility index (Phi) is 8.56. The molecule has 0 saturated carbocycles. The molecule has 0 aliphatic heterocycles. The number of carbonyl (C=O) groups excluding carboxylic acids is 2. The van der Waals surface area contributed by atoms with Gasteiger partial charge in [-0.15, -0.1) is 0 Å². The van der Waals surface area contributed by atoms with Crippen molar-refractivity contribution < 1.29 is 14.3 Å². The summed E-state index contributed by atoms with van der Waals surface area (Å²) in [7, 11) is 0. The van der Waals surface area contributed by atoms with Gasteiger partial charge in [-0.1, -0.05) is 19.9 Å². The van der Waals surface area contributed by atoms with E-state index in [1.54, 1.807) is 42.5 Å². The molecule has 0 radical (unpaired) electrons. The second-order valence-corrected chi connectivity index (χ2v) is 9.16. The summed E-state index contributed by atoms with van der Waals surface area (Å²) in [4.78, 5) is 24.7. The topological polar surface area (TPSA) is 79.5 Å². The zero-order valence-corrected chi connectivity index (χ0v) is 19.6. The van der Waals surface area contributed by atoms with Crippen LogP contribution in [-0.4, -0.2) is 29.1 Å². The SMILES string of the molecule is CC(C)CCOc1cccc(C(=O)NC(=S)Nc2ccc(C(=O)NC(C)(C)C)cc2)c1. The summed E-state index contributed by atoms with van der Waals surface area (Å²) >= 11 is 5.25. The van der Waals surface area contributed by atoms with E-state index in [2.05, 4.69) is 29.8 Å². The first kappa shape index (κ1) is 24.3. The third-order valence-corrected chi connectivity index (χ3v) is 4.38. The van der Waals surface area contributed by atoms with E-state index in [9.17, 15) is 9.59 Å². The largest absolute Gasteiger partial charge is 0.494 e. The molecule has 31 heavy (non-hydrogen) atoms. The summed E-state index contributed by atoms with van der Waals surface area (Å²) in [5.74, 6) is 0.728. The highest BCUT2D eigenvalue weighted by Crippen LogP contribution is 2.15. The van der Waals surface area contributed by atoms with E-state index < -0.39 is 0 Å². The van der Waals surface area contributed by atoms with E-state index in [0.717, 1.165) is 6.42 Å². The Morgan fingerprint density at radius 1 is 1.00 bits per heavy atom. The van der Waals surface area contributed by atoms with Crippen LogP contribution in [0.25, 0.3) is 0 Å². The Morgan fingerprint density at radius 2 is 1.68 bits per heavy atom. The lowest BCUT2D eigenvalue weighted by Gasteiger charge is -2.20. The van der Waals surface area contributed by atoms with Crippen LogP contribution in [0.2, 0.25) is 0 Å². The number of carbonyl (C=O) groups is 2. The minimum atomic E-state index is -0.326. The molecule has 7 heteroatoms. The Labute approximate surface area is 189 Å². The van der Waals surface area contributed by atoms with Crippen LogP contribution >= 0.6 is 12.2 Å². The molecule has 0 heterocycles. The Morgan fingerprint density at radius 3 is 2.29 bits per heavy atom. The minimum Gasteiger partial charge on any atom is -0.494 e. The van der Waals surface area contributed by atoms with Gasteiger partial charge in [0, 0.05) is 22.4 Å². The molecule has 0 bridgehead atoms. The van der Waals surface area contributed by atoms with Crippen LogP contribution in [0.5, 0.6) is 5.75 Å². The lowest BCUT2D eigenvalue weighted by atomic mass is 10.1. The van der Waals surface area contributed by atoms with Crippen LogP contribution in [0.4, 0.5) is 5.69 Å². The fourth-order valence-electron chi connectivity index (χ4n) is 2.59. The van der Waals surface area contributed by atoms with Gasteiger partial charge in [-0.05, 0) is 87.8 Å². The highest BCUT2D eigenvalue weighted by molar-refractivity contribution is 7.80. The average molecular weight is 442 g/mol. The second kappa shape index (κ2) is 10.9. The molecule has 0 fully saturated rings. The van der Waals surface area contributed by atoms with Gasteiger partial charge in [0.2, 0.25) is 0 Å². The molecule has 2 aromatic carbocycles. The van der Waals surface area contributed by atoms with E-state index >= 15 is 0 Å². The molecular weight excluding hydrogens is 410 g/mol. The van der Waals surface area contributed by atoms with Gasteiger partial charge >= 0.3 is 0 Å². The van der Waals surface area contributed by atoms with Crippen LogP contribution in [0.1, 0.15) is 61.8 Å². The van der Waals surface area contributed by atoms with Gasteiger partial charge in [0.15, 0.2) is 5.11 Å². The molecule has 2 rings (SSSR count). The van der Waals surface area contributed by atoms with Gasteiger partial charge < -0.3 is 15.4 Å². The van der Waals surface area contributed by atoms with Gasteiger partial charge in [-0.2, -0.15) is 0 Å². The maximum Gasteiger partial charge on any atom is 0.257 e. The first-order valence-corrected chi connectivity index (χ1v) is 10.7. The molecule has 0 atom stereocenters. The number of thiocarbonyl (C=S) groups is 1. The summed E-state index contributed by atoms with van der Waals surface area (Å²) in [5, 5.41) is 8.70. The lowest BCUT2D eigenvalue weighted by Crippen LogP contribution is -2.40. The standard InChI is InChI=1S/C24H31N3O3S/c1-16(2)13-14-30-20-8-6-7-18(15-20)21(28)26-23(31)25-19-11-9-17(10-12-19)22(29)27-24(3,4)5/h6-12,15-16H,13-14H2,1-5H3,(H,27,29)(H2,25,26,28,31). The Hall–Kier alpha value is -2.93. The van der Waals surface area contributed by atoms with Crippen LogP contribution in [-0.2, 0) is 0 Å². The number of amides is 2. The minimum absolute atomic E-state index is 0.148. The highest BCUT2D eigenvalue weighted by Gasteiger charge is 2.15. The van der Waals surface area contributed by atoms with Gasteiger partial charge in [-0.3, -0.25) is 14.9 Å². The van der Waals surface area contributed by atoms with E-state index in [-0.39, 0.29) is 22.5 Å². The fraction of sp³-hybridized carbons (Fsp3) is 0.375. The van der Waals surface area contributed by atoms with Crippen molar-refractivity contribution in [1.82, 2.24) is 10.6 Å². The van der Waals surface area contributed by atoms with Crippen molar-refractivity contribution in [2.24, 2.45) is 5.92 Å². The summed E-state index contributed by atoms with van der Waals surface area (Å²) in [6.07, 6.45) is 0.946. The third kappa shape index (κ3) is 8.76. The molecule has 166 valence electrons. The third-order valence-electron chi connectivity index (χ3n) is 4.18. The van der Waals surface area contributed by atoms with Crippen molar-refractivity contribution in [1.29, 1.82) is 0 Å². The smallest absolute Gasteiger partial charge is 0.257 e. The molecule has 0 aliphatic carbocycles. The van der Waals surface area contributed by atoms with Crippen molar-refractivity contribution in [2.75, 3.05) is 11.9 Å². The highest BCUT2D eigenvalue weighted by atomic mass is 32.1. The van der Waals surface area contributed by atoms with Crippen LogP contribution in [0.3, 0.4) is 0 Å². The number of rotatable bonds is 7. The number of anilines is 1. The summed E-state index contributed by atoms with van der Waals surface area (Å²) in [6.45, 7) is 10.7. The predicted molar refractivity (Wildman–Crippen MR) is 129 cm³/mol. The molecule has 0 aromatic heterocycles. The number of benzene rings is 2. The van der Waals surface area contributed by atoms with Gasteiger partial charge in [-0.25, -0.2) is 0 Å².